The van der Waals surface area contributed by atoms with Crippen LogP contribution in [0.1, 0.15) is 6.92 Å². The SMILES string of the molecule is COc1ccc2c(N3CC(CN)OCC3C)nccc2c1. The van der Waals surface area contributed by atoms with Crippen molar-refractivity contribution < 1.29 is 9.47 Å². The number of anilines is 1. The molecule has 2 N–H and O–H groups in total. The lowest BCUT2D eigenvalue weighted by Gasteiger charge is -2.39. The van der Waals surface area contributed by atoms with Gasteiger partial charge in [0.2, 0.25) is 0 Å². The molecule has 0 bridgehead atoms. The van der Waals surface area contributed by atoms with Crippen molar-refractivity contribution in [1.29, 1.82) is 0 Å². The Labute approximate surface area is 124 Å². The lowest BCUT2D eigenvalue weighted by molar-refractivity contribution is 0.0281. The molecule has 5 nitrogen and oxygen atoms in total. The Bertz CT molecular complexity index is 632. The van der Waals surface area contributed by atoms with Gasteiger partial charge in [-0.1, -0.05) is 0 Å². The number of morpholine rings is 1. The quantitative estimate of drug-likeness (QED) is 0.932. The van der Waals surface area contributed by atoms with Crippen LogP contribution in [0.3, 0.4) is 0 Å². The van der Waals surface area contributed by atoms with Gasteiger partial charge in [0, 0.05) is 24.7 Å². The number of rotatable bonds is 3. The van der Waals surface area contributed by atoms with E-state index < -0.39 is 0 Å². The third-order valence-electron chi connectivity index (χ3n) is 3.99. The van der Waals surface area contributed by atoms with Gasteiger partial charge in [-0.15, -0.1) is 0 Å². The Morgan fingerprint density at radius 1 is 1.43 bits per heavy atom. The van der Waals surface area contributed by atoms with Crippen LogP contribution in [-0.4, -0.2) is 43.9 Å². The molecule has 2 aromatic rings. The average Bonchev–Trinajstić information content (AvgIpc) is 2.54. The van der Waals surface area contributed by atoms with Crippen LogP contribution in [0.5, 0.6) is 5.75 Å². The van der Waals surface area contributed by atoms with Gasteiger partial charge in [0.15, 0.2) is 0 Å². The van der Waals surface area contributed by atoms with E-state index in [2.05, 4.69) is 22.9 Å². The van der Waals surface area contributed by atoms with E-state index in [4.69, 9.17) is 15.2 Å². The Balaban J connectivity index is 2.02. The van der Waals surface area contributed by atoms with Crippen molar-refractivity contribution >= 4 is 16.6 Å². The predicted octanol–water partition coefficient (Wildman–Crippen LogP) is 1.80. The summed E-state index contributed by atoms with van der Waals surface area (Å²) in [4.78, 5) is 6.88. The molecular weight excluding hydrogens is 266 g/mol. The molecule has 0 spiro atoms. The molecule has 0 aliphatic carbocycles. The summed E-state index contributed by atoms with van der Waals surface area (Å²) in [6.07, 6.45) is 1.91. The highest BCUT2D eigenvalue weighted by Crippen LogP contribution is 2.30. The number of methoxy groups -OCH3 is 1. The zero-order valence-electron chi connectivity index (χ0n) is 12.5. The highest BCUT2D eigenvalue weighted by molar-refractivity contribution is 5.93. The van der Waals surface area contributed by atoms with Crippen LogP contribution < -0.4 is 15.4 Å². The van der Waals surface area contributed by atoms with E-state index >= 15 is 0 Å². The summed E-state index contributed by atoms with van der Waals surface area (Å²) < 4.78 is 11.0. The summed E-state index contributed by atoms with van der Waals surface area (Å²) in [6, 6.07) is 8.36. The maximum absolute atomic E-state index is 5.75. The minimum absolute atomic E-state index is 0.0662. The fraction of sp³-hybridized carbons (Fsp3) is 0.438. The van der Waals surface area contributed by atoms with E-state index in [-0.39, 0.29) is 12.1 Å². The number of hydrogen-bond acceptors (Lipinski definition) is 5. The van der Waals surface area contributed by atoms with Gasteiger partial charge in [0.25, 0.3) is 0 Å². The van der Waals surface area contributed by atoms with E-state index in [1.165, 1.54) is 0 Å². The number of hydrogen-bond donors (Lipinski definition) is 1. The minimum Gasteiger partial charge on any atom is -0.497 e. The van der Waals surface area contributed by atoms with Crippen LogP contribution in [0, 0.1) is 0 Å². The van der Waals surface area contributed by atoms with E-state index in [9.17, 15) is 0 Å². The first-order valence-electron chi connectivity index (χ1n) is 7.24. The fourth-order valence-corrected chi connectivity index (χ4v) is 2.75. The van der Waals surface area contributed by atoms with Gasteiger partial charge < -0.3 is 20.1 Å². The van der Waals surface area contributed by atoms with Gasteiger partial charge in [-0.05, 0) is 36.6 Å². The van der Waals surface area contributed by atoms with E-state index in [1.807, 2.05) is 24.4 Å². The maximum atomic E-state index is 5.75. The van der Waals surface area contributed by atoms with Crippen molar-refractivity contribution in [1.82, 2.24) is 4.98 Å². The summed E-state index contributed by atoms with van der Waals surface area (Å²) in [7, 11) is 1.68. The highest BCUT2D eigenvalue weighted by Gasteiger charge is 2.27. The molecular formula is C16H21N3O2. The zero-order chi connectivity index (χ0) is 14.8. The first kappa shape index (κ1) is 14.1. The fourth-order valence-electron chi connectivity index (χ4n) is 2.75. The zero-order valence-corrected chi connectivity index (χ0v) is 12.5. The molecule has 112 valence electrons. The molecule has 2 atom stereocenters. The molecule has 1 saturated heterocycles. The van der Waals surface area contributed by atoms with Crippen molar-refractivity contribution in [2.75, 3.05) is 31.7 Å². The van der Waals surface area contributed by atoms with E-state index in [0.29, 0.717) is 13.2 Å². The van der Waals surface area contributed by atoms with Gasteiger partial charge in [-0.3, -0.25) is 0 Å². The summed E-state index contributed by atoms with van der Waals surface area (Å²) >= 11 is 0. The van der Waals surface area contributed by atoms with Crippen LogP contribution in [0.25, 0.3) is 10.8 Å². The number of nitrogens with zero attached hydrogens (tertiary/aromatic N) is 2. The summed E-state index contributed by atoms with van der Waals surface area (Å²) in [5, 5.41) is 2.25. The molecule has 5 heteroatoms. The third kappa shape index (κ3) is 2.66. The molecule has 3 rings (SSSR count). The largest absolute Gasteiger partial charge is 0.497 e. The molecule has 1 aromatic carbocycles. The summed E-state index contributed by atoms with van der Waals surface area (Å²) in [6.45, 7) is 4.13. The molecule has 0 saturated carbocycles. The molecule has 1 fully saturated rings. The van der Waals surface area contributed by atoms with Gasteiger partial charge in [-0.25, -0.2) is 4.98 Å². The van der Waals surface area contributed by atoms with Crippen LogP contribution in [0.4, 0.5) is 5.82 Å². The number of aromatic nitrogens is 1. The predicted molar refractivity (Wildman–Crippen MR) is 83.9 cm³/mol. The highest BCUT2D eigenvalue weighted by atomic mass is 16.5. The Kier molecular flexibility index (Phi) is 3.94. The maximum Gasteiger partial charge on any atom is 0.136 e. The summed E-state index contributed by atoms with van der Waals surface area (Å²) in [5.74, 6) is 1.85. The van der Waals surface area contributed by atoms with Gasteiger partial charge in [0.1, 0.15) is 11.6 Å². The first-order valence-corrected chi connectivity index (χ1v) is 7.24. The van der Waals surface area contributed by atoms with Crippen LogP contribution in [0.2, 0.25) is 0 Å². The van der Waals surface area contributed by atoms with Crippen molar-refractivity contribution in [3.05, 3.63) is 30.5 Å². The van der Waals surface area contributed by atoms with E-state index in [0.717, 1.165) is 28.9 Å². The molecule has 1 aromatic heterocycles. The monoisotopic (exact) mass is 287 g/mol. The molecule has 2 heterocycles. The van der Waals surface area contributed by atoms with Crippen LogP contribution in [0.15, 0.2) is 30.5 Å². The second kappa shape index (κ2) is 5.87. The van der Waals surface area contributed by atoms with Gasteiger partial charge >= 0.3 is 0 Å². The standard InChI is InChI=1S/C16H21N3O2/c1-11-10-21-14(8-17)9-19(11)16-15-4-3-13(20-2)7-12(15)5-6-18-16/h3-7,11,14H,8-10,17H2,1-2H3. The lowest BCUT2D eigenvalue weighted by atomic mass is 10.1. The number of pyridine rings is 1. The van der Waals surface area contributed by atoms with E-state index in [1.54, 1.807) is 7.11 Å². The molecule has 21 heavy (non-hydrogen) atoms. The normalized spacial score (nSPS) is 22.5. The van der Waals surface area contributed by atoms with Crippen molar-refractivity contribution in [2.24, 2.45) is 5.73 Å². The van der Waals surface area contributed by atoms with Gasteiger partial charge in [0.05, 0.1) is 25.9 Å². The number of fused-ring (bicyclic) bond motifs is 1. The smallest absolute Gasteiger partial charge is 0.136 e. The van der Waals surface area contributed by atoms with Crippen molar-refractivity contribution in [2.45, 2.75) is 19.1 Å². The van der Waals surface area contributed by atoms with Crippen LogP contribution >= 0.6 is 0 Å². The topological polar surface area (TPSA) is 60.6 Å². The lowest BCUT2D eigenvalue weighted by Crippen LogP contribution is -2.51. The molecule has 0 amide bonds. The molecule has 1 aliphatic rings. The Morgan fingerprint density at radius 3 is 3.05 bits per heavy atom. The van der Waals surface area contributed by atoms with Crippen molar-refractivity contribution in [3.63, 3.8) is 0 Å². The second-order valence-electron chi connectivity index (χ2n) is 5.41. The Hall–Kier alpha value is -1.85. The first-order chi connectivity index (χ1) is 10.2. The minimum atomic E-state index is 0.0662. The van der Waals surface area contributed by atoms with Gasteiger partial charge in [-0.2, -0.15) is 0 Å². The second-order valence-corrected chi connectivity index (χ2v) is 5.41. The Morgan fingerprint density at radius 2 is 2.29 bits per heavy atom. The molecule has 2 unspecified atom stereocenters. The number of ether oxygens (including phenoxy) is 2. The summed E-state index contributed by atoms with van der Waals surface area (Å²) in [5.41, 5.74) is 5.75. The third-order valence-corrected chi connectivity index (χ3v) is 3.99. The van der Waals surface area contributed by atoms with Crippen LogP contribution in [-0.2, 0) is 4.74 Å². The molecule has 0 radical (unpaired) electrons. The molecule has 1 aliphatic heterocycles. The number of benzene rings is 1. The van der Waals surface area contributed by atoms with Crippen molar-refractivity contribution in [3.8, 4) is 5.75 Å². The number of nitrogens with two attached hydrogens (primary N) is 1. The average molecular weight is 287 g/mol.